The van der Waals surface area contributed by atoms with Crippen molar-refractivity contribution in [2.45, 2.75) is 5.41 Å². The summed E-state index contributed by atoms with van der Waals surface area (Å²) in [6.07, 6.45) is 0. The van der Waals surface area contributed by atoms with Gasteiger partial charge in [0.05, 0.1) is 17.0 Å². The molecule has 0 unspecified atom stereocenters. The fourth-order valence-corrected chi connectivity index (χ4v) is 8.13. The molecule has 1 aliphatic heterocycles. The Morgan fingerprint density at radius 3 is 1.45 bits per heavy atom. The monoisotopic (exact) mass is 742 g/mol. The summed E-state index contributed by atoms with van der Waals surface area (Å²) in [4.78, 5) is 15.5. The van der Waals surface area contributed by atoms with Crippen molar-refractivity contribution in [3.05, 3.63) is 234 Å². The zero-order valence-corrected chi connectivity index (χ0v) is 31.3. The standard InChI is InChI=1S/C53H34N4O/c54-35-36-23-25-38(26-24-36)39-27-29-40(30-28-39)50-55-51(42-16-12-15-41(33-42)37-13-4-1-5-14-37)57-52(56-50)43-31-32-49-47(34-43)53(44-17-6-2-7-18-44,45-19-8-3-9-20-45)46-21-10-11-22-48(46)58-49/h1-34H. The molecule has 0 atom stereocenters. The van der Waals surface area contributed by atoms with Gasteiger partial charge in [-0.2, -0.15) is 5.26 Å². The molecule has 272 valence electrons. The maximum absolute atomic E-state index is 9.30. The number of nitrogens with zero attached hydrogens (tertiary/aromatic N) is 4. The molecule has 0 bridgehead atoms. The minimum Gasteiger partial charge on any atom is -0.457 e. The van der Waals surface area contributed by atoms with Crippen LogP contribution in [0, 0.1) is 11.3 Å². The smallest absolute Gasteiger partial charge is 0.164 e. The first-order chi connectivity index (χ1) is 28.7. The Kier molecular flexibility index (Phi) is 8.70. The summed E-state index contributed by atoms with van der Waals surface area (Å²) in [6, 6.07) is 72.7. The molecule has 1 aromatic heterocycles. The molecule has 8 aromatic carbocycles. The van der Waals surface area contributed by atoms with Crippen LogP contribution in [-0.4, -0.2) is 15.0 Å². The molecule has 0 saturated heterocycles. The number of nitriles is 1. The average molecular weight is 743 g/mol. The molecule has 10 rings (SSSR count). The van der Waals surface area contributed by atoms with Gasteiger partial charge in [0.15, 0.2) is 17.5 Å². The second-order valence-corrected chi connectivity index (χ2v) is 14.3. The van der Waals surface area contributed by atoms with Gasteiger partial charge in [-0.1, -0.05) is 164 Å². The summed E-state index contributed by atoms with van der Waals surface area (Å²) in [5.74, 6) is 3.29. The predicted octanol–water partition coefficient (Wildman–Crippen LogP) is 12.6. The van der Waals surface area contributed by atoms with E-state index in [-0.39, 0.29) is 0 Å². The van der Waals surface area contributed by atoms with Gasteiger partial charge >= 0.3 is 0 Å². The van der Waals surface area contributed by atoms with Crippen molar-refractivity contribution in [2.24, 2.45) is 0 Å². The van der Waals surface area contributed by atoms with Crippen LogP contribution >= 0.6 is 0 Å². The third-order valence-corrected chi connectivity index (χ3v) is 10.9. The van der Waals surface area contributed by atoms with Crippen LogP contribution in [0.3, 0.4) is 0 Å². The molecule has 2 heterocycles. The number of rotatable bonds is 7. The highest BCUT2D eigenvalue weighted by molar-refractivity contribution is 5.76. The van der Waals surface area contributed by atoms with Gasteiger partial charge in [-0.05, 0) is 75.8 Å². The van der Waals surface area contributed by atoms with Crippen LogP contribution in [0.2, 0.25) is 0 Å². The Balaban J connectivity index is 1.17. The predicted molar refractivity (Wildman–Crippen MR) is 230 cm³/mol. The van der Waals surface area contributed by atoms with E-state index in [2.05, 4.69) is 133 Å². The minimum absolute atomic E-state index is 0.554. The van der Waals surface area contributed by atoms with Gasteiger partial charge in [0.25, 0.3) is 0 Å². The third-order valence-electron chi connectivity index (χ3n) is 10.9. The summed E-state index contributed by atoms with van der Waals surface area (Å²) in [7, 11) is 0. The summed E-state index contributed by atoms with van der Waals surface area (Å²) >= 11 is 0. The molecule has 0 aliphatic carbocycles. The second-order valence-electron chi connectivity index (χ2n) is 14.3. The van der Waals surface area contributed by atoms with Crippen LogP contribution in [0.5, 0.6) is 11.5 Å². The molecule has 5 nitrogen and oxygen atoms in total. The van der Waals surface area contributed by atoms with Crippen LogP contribution < -0.4 is 4.74 Å². The van der Waals surface area contributed by atoms with Crippen molar-refractivity contribution in [1.29, 1.82) is 5.26 Å². The zero-order valence-electron chi connectivity index (χ0n) is 31.3. The number of hydrogen-bond acceptors (Lipinski definition) is 5. The lowest BCUT2D eigenvalue weighted by Gasteiger charge is -2.41. The van der Waals surface area contributed by atoms with Crippen LogP contribution in [0.1, 0.15) is 27.8 Å². The van der Waals surface area contributed by atoms with E-state index in [1.165, 1.54) is 0 Å². The Bertz CT molecular complexity index is 2920. The van der Waals surface area contributed by atoms with Gasteiger partial charge in [-0.3, -0.25) is 0 Å². The Labute approximate surface area is 337 Å². The van der Waals surface area contributed by atoms with E-state index >= 15 is 0 Å². The van der Waals surface area contributed by atoms with Gasteiger partial charge in [-0.15, -0.1) is 0 Å². The molecule has 0 amide bonds. The average Bonchev–Trinajstić information content (AvgIpc) is 3.31. The Morgan fingerprint density at radius 2 is 0.810 bits per heavy atom. The van der Waals surface area contributed by atoms with Crippen LogP contribution in [0.25, 0.3) is 56.4 Å². The Morgan fingerprint density at radius 1 is 0.362 bits per heavy atom. The van der Waals surface area contributed by atoms with Crippen molar-refractivity contribution in [1.82, 2.24) is 15.0 Å². The lowest BCUT2D eigenvalue weighted by molar-refractivity contribution is 0.434. The summed E-state index contributed by atoms with van der Waals surface area (Å²) < 4.78 is 6.70. The largest absolute Gasteiger partial charge is 0.457 e. The molecular weight excluding hydrogens is 709 g/mol. The first-order valence-corrected chi connectivity index (χ1v) is 19.2. The molecule has 0 saturated carbocycles. The van der Waals surface area contributed by atoms with E-state index in [0.717, 1.165) is 72.7 Å². The van der Waals surface area contributed by atoms with Gasteiger partial charge in [0.2, 0.25) is 0 Å². The highest BCUT2D eigenvalue weighted by Gasteiger charge is 2.45. The summed E-state index contributed by atoms with van der Waals surface area (Å²) in [6.45, 7) is 0. The van der Waals surface area contributed by atoms with E-state index in [4.69, 9.17) is 19.7 Å². The van der Waals surface area contributed by atoms with Crippen molar-refractivity contribution < 1.29 is 4.74 Å². The quantitative estimate of drug-likeness (QED) is 0.163. The fourth-order valence-electron chi connectivity index (χ4n) is 8.13. The second kappa shape index (κ2) is 14.6. The Hall–Kier alpha value is -7.94. The fraction of sp³-hybridized carbons (Fsp3) is 0.0189. The van der Waals surface area contributed by atoms with Gasteiger partial charge < -0.3 is 4.74 Å². The van der Waals surface area contributed by atoms with E-state index < -0.39 is 5.41 Å². The summed E-state index contributed by atoms with van der Waals surface area (Å²) in [5.41, 5.74) is 11.1. The topological polar surface area (TPSA) is 71.7 Å². The van der Waals surface area contributed by atoms with E-state index in [9.17, 15) is 5.26 Å². The lowest BCUT2D eigenvalue weighted by Crippen LogP contribution is -2.34. The molecule has 58 heavy (non-hydrogen) atoms. The van der Waals surface area contributed by atoms with Gasteiger partial charge in [0.1, 0.15) is 11.5 Å². The highest BCUT2D eigenvalue weighted by atomic mass is 16.5. The van der Waals surface area contributed by atoms with Crippen LogP contribution in [0.4, 0.5) is 0 Å². The molecule has 0 N–H and O–H groups in total. The highest BCUT2D eigenvalue weighted by Crippen LogP contribution is 2.55. The lowest BCUT2D eigenvalue weighted by atomic mass is 9.63. The molecular formula is C53H34N4O. The number of aromatic nitrogens is 3. The van der Waals surface area contributed by atoms with Crippen molar-refractivity contribution in [2.75, 3.05) is 0 Å². The SMILES string of the molecule is N#Cc1ccc(-c2ccc(-c3nc(-c4cccc(-c5ccccc5)c4)nc(-c4ccc5c(c4)C(c4ccccc4)(c4ccccc4)c4ccccc4O5)n3)cc2)cc1. The molecule has 0 fully saturated rings. The number of fused-ring (bicyclic) bond motifs is 2. The van der Waals surface area contributed by atoms with E-state index in [1.54, 1.807) is 0 Å². The number of para-hydroxylation sites is 1. The molecule has 0 spiro atoms. The first kappa shape index (κ1) is 34.5. The third kappa shape index (κ3) is 6.10. The molecule has 0 radical (unpaired) electrons. The van der Waals surface area contributed by atoms with Crippen LogP contribution in [-0.2, 0) is 5.41 Å². The van der Waals surface area contributed by atoms with Crippen molar-refractivity contribution in [3.63, 3.8) is 0 Å². The maximum Gasteiger partial charge on any atom is 0.164 e. The maximum atomic E-state index is 9.30. The van der Waals surface area contributed by atoms with Crippen molar-refractivity contribution >= 4 is 0 Å². The number of ether oxygens (including phenoxy) is 1. The van der Waals surface area contributed by atoms with Crippen molar-refractivity contribution in [3.8, 4) is 74.0 Å². The molecule has 5 heteroatoms. The van der Waals surface area contributed by atoms with Crippen LogP contribution in [0.15, 0.2) is 206 Å². The number of benzene rings is 8. The zero-order chi connectivity index (χ0) is 38.9. The first-order valence-electron chi connectivity index (χ1n) is 19.2. The minimum atomic E-state index is -0.688. The van der Waals surface area contributed by atoms with E-state index in [0.29, 0.717) is 23.0 Å². The molecule has 1 aliphatic rings. The summed E-state index contributed by atoms with van der Waals surface area (Å²) in [5, 5.41) is 9.30. The normalized spacial score (nSPS) is 12.4. The van der Waals surface area contributed by atoms with Gasteiger partial charge in [-0.25, -0.2) is 15.0 Å². The van der Waals surface area contributed by atoms with Gasteiger partial charge in [0, 0.05) is 27.8 Å². The number of hydrogen-bond donors (Lipinski definition) is 0. The molecule has 9 aromatic rings. The van der Waals surface area contributed by atoms with E-state index in [1.807, 2.05) is 78.9 Å².